The van der Waals surface area contributed by atoms with Crippen molar-refractivity contribution in [2.45, 2.75) is 25.7 Å². The maximum atomic E-state index is 13.2. The topological polar surface area (TPSA) is 66.5 Å². The monoisotopic (exact) mass is 408 g/mol. The molecular weight excluding hydrogens is 384 g/mol. The molecule has 0 saturated heterocycles. The van der Waals surface area contributed by atoms with Gasteiger partial charge in [-0.1, -0.05) is 36.4 Å². The van der Waals surface area contributed by atoms with Gasteiger partial charge in [0.2, 0.25) is 0 Å². The minimum Gasteiger partial charge on any atom is -0.309 e. The molecule has 0 aliphatic carbocycles. The molecule has 150 valence electrons. The predicted octanol–water partition coefficient (Wildman–Crippen LogP) is 4.77. The summed E-state index contributed by atoms with van der Waals surface area (Å²) in [5.41, 5.74) is 3.29. The van der Waals surface area contributed by atoms with Crippen molar-refractivity contribution in [3.05, 3.63) is 89.5 Å². The summed E-state index contributed by atoms with van der Waals surface area (Å²) >= 11 is 0. The molecule has 0 bridgehead atoms. The predicted molar refractivity (Wildman–Crippen MR) is 117 cm³/mol. The van der Waals surface area contributed by atoms with Crippen LogP contribution < -0.4 is 9.62 Å². The third-order valence-corrected chi connectivity index (χ3v) is 6.03. The van der Waals surface area contributed by atoms with E-state index in [1.165, 1.54) is 12.1 Å². The minimum atomic E-state index is -3.82. The van der Waals surface area contributed by atoms with Crippen molar-refractivity contribution in [1.29, 1.82) is 0 Å². The Morgan fingerprint density at radius 3 is 2.31 bits per heavy atom. The summed E-state index contributed by atoms with van der Waals surface area (Å²) in [6, 6.07) is 21.1. The molecular formula is C23H24N2O3S. The van der Waals surface area contributed by atoms with Crippen LogP contribution in [0.15, 0.2) is 77.7 Å². The first-order valence-electron chi connectivity index (χ1n) is 9.39. The Bertz CT molecular complexity index is 1130. The first-order chi connectivity index (χ1) is 13.8. The van der Waals surface area contributed by atoms with E-state index in [2.05, 4.69) is 4.72 Å². The maximum Gasteiger partial charge on any atom is 0.261 e. The standard InChI is InChI=1S/C23H24N2O3S/c1-4-25(20-11-6-5-7-12-20)23(26)22-16-21(14-13-18(22)3)29(27,28)24-19-10-8-9-17(2)15-19/h5-16,24H,4H2,1-3H3. The Hall–Kier alpha value is -3.12. The summed E-state index contributed by atoms with van der Waals surface area (Å²) in [5.74, 6) is -0.233. The largest absolute Gasteiger partial charge is 0.309 e. The van der Waals surface area contributed by atoms with Gasteiger partial charge in [0.15, 0.2) is 0 Å². The summed E-state index contributed by atoms with van der Waals surface area (Å²) in [4.78, 5) is 14.9. The highest BCUT2D eigenvalue weighted by molar-refractivity contribution is 7.92. The number of hydrogen-bond acceptors (Lipinski definition) is 3. The molecule has 0 heterocycles. The first-order valence-corrected chi connectivity index (χ1v) is 10.9. The Morgan fingerprint density at radius 1 is 0.931 bits per heavy atom. The first kappa shape index (κ1) is 20.6. The highest BCUT2D eigenvalue weighted by Crippen LogP contribution is 2.23. The van der Waals surface area contributed by atoms with Crippen molar-refractivity contribution < 1.29 is 13.2 Å². The molecule has 0 unspecified atom stereocenters. The zero-order chi connectivity index (χ0) is 21.0. The number of rotatable bonds is 6. The SMILES string of the molecule is CCN(C(=O)c1cc(S(=O)(=O)Nc2cccc(C)c2)ccc1C)c1ccccc1. The number of anilines is 2. The normalized spacial score (nSPS) is 11.1. The number of para-hydroxylation sites is 1. The molecule has 0 saturated carbocycles. The fraction of sp³-hybridized carbons (Fsp3) is 0.174. The van der Waals surface area contributed by atoms with Crippen molar-refractivity contribution in [3.8, 4) is 0 Å². The Labute approximate surface area is 172 Å². The molecule has 5 nitrogen and oxygen atoms in total. The molecule has 6 heteroatoms. The smallest absolute Gasteiger partial charge is 0.261 e. The number of carbonyl (C=O) groups is 1. The van der Waals surface area contributed by atoms with Crippen LogP contribution in [0, 0.1) is 13.8 Å². The summed E-state index contributed by atoms with van der Waals surface area (Å²) < 4.78 is 28.3. The average molecular weight is 409 g/mol. The molecule has 1 N–H and O–H groups in total. The fourth-order valence-corrected chi connectivity index (χ4v) is 4.19. The van der Waals surface area contributed by atoms with Gasteiger partial charge in [-0.05, 0) is 68.3 Å². The van der Waals surface area contributed by atoms with Gasteiger partial charge in [-0.25, -0.2) is 8.42 Å². The van der Waals surface area contributed by atoms with E-state index >= 15 is 0 Å². The Balaban J connectivity index is 1.96. The number of nitrogens with one attached hydrogen (secondary N) is 1. The number of amides is 1. The Kier molecular flexibility index (Phi) is 6.03. The van der Waals surface area contributed by atoms with Gasteiger partial charge in [0.05, 0.1) is 4.90 Å². The van der Waals surface area contributed by atoms with Crippen LogP contribution in [-0.2, 0) is 10.0 Å². The van der Waals surface area contributed by atoms with Gasteiger partial charge in [0.25, 0.3) is 15.9 Å². The lowest BCUT2D eigenvalue weighted by Crippen LogP contribution is -2.31. The lowest BCUT2D eigenvalue weighted by molar-refractivity contribution is 0.0987. The second-order valence-electron chi connectivity index (χ2n) is 6.84. The van der Waals surface area contributed by atoms with Gasteiger partial charge >= 0.3 is 0 Å². The second-order valence-corrected chi connectivity index (χ2v) is 8.52. The molecule has 0 radical (unpaired) electrons. The third kappa shape index (κ3) is 4.66. The molecule has 3 aromatic rings. The zero-order valence-corrected chi connectivity index (χ0v) is 17.5. The molecule has 3 aromatic carbocycles. The van der Waals surface area contributed by atoms with Gasteiger partial charge in [-0.15, -0.1) is 0 Å². The maximum absolute atomic E-state index is 13.2. The van der Waals surface area contributed by atoms with Crippen LogP contribution in [0.4, 0.5) is 11.4 Å². The fourth-order valence-electron chi connectivity index (χ4n) is 3.12. The van der Waals surface area contributed by atoms with Crippen molar-refractivity contribution in [2.24, 2.45) is 0 Å². The molecule has 0 atom stereocenters. The summed E-state index contributed by atoms with van der Waals surface area (Å²) in [6.07, 6.45) is 0. The zero-order valence-electron chi connectivity index (χ0n) is 16.7. The van der Waals surface area contributed by atoms with Gasteiger partial charge in [0.1, 0.15) is 0 Å². The number of benzene rings is 3. The van der Waals surface area contributed by atoms with E-state index in [1.54, 1.807) is 36.1 Å². The molecule has 0 spiro atoms. The van der Waals surface area contributed by atoms with Crippen molar-refractivity contribution >= 4 is 27.3 Å². The number of nitrogens with zero attached hydrogens (tertiary/aromatic N) is 1. The van der Waals surface area contributed by atoms with Gasteiger partial charge < -0.3 is 4.90 Å². The van der Waals surface area contributed by atoms with Gasteiger partial charge in [0, 0.05) is 23.5 Å². The molecule has 0 aromatic heterocycles. The highest BCUT2D eigenvalue weighted by atomic mass is 32.2. The lowest BCUT2D eigenvalue weighted by atomic mass is 10.1. The lowest BCUT2D eigenvalue weighted by Gasteiger charge is -2.22. The second kappa shape index (κ2) is 8.49. The molecule has 0 fully saturated rings. The number of hydrogen-bond donors (Lipinski definition) is 1. The minimum absolute atomic E-state index is 0.0528. The van der Waals surface area contributed by atoms with E-state index in [9.17, 15) is 13.2 Å². The van der Waals surface area contributed by atoms with Crippen LogP contribution in [0.5, 0.6) is 0 Å². The van der Waals surface area contributed by atoms with E-state index in [1.807, 2.05) is 50.2 Å². The molecule has 0 aliphatic rings. The van der Waals surface area contributed by atoms with E-state index < -0.39 is 10.0 Å². The van der Waals surface area contributed by atoms with E-state index in [0.717, 1.165) is 16.8 Å². The van der Waals surface area contributed by atoms with Crippen LogP contribution in [-0.4, -0.2) is 20.9 Å². The van der Waals surface area contributed by atoms with Crippen molar-refractivity contribution in [2.75, 3.05) is 16.2 Å². The van der Waals surface area contributed by atoms with Crippen LogP contribution in [0.3, 0.4) is 0 Å². The quantitative estimate of drug-likeness (QED) is 0.639. The van der Waals surface area contributed by atoms with Gasteiger partial charge in [-0.3, -0.25) is 9.52 Å². The summed E-state index contributed by atoms with van der Waals surface area (Å²) in [6.45, 7) is 6.06. The molecule has 29 heavy (non-hydrogen) atoms. The van der Waals surface area contributed by atoms with Crippen LogP contribution in [0.2, 0.25) is 0 Å². The number of aryl methyl sites for hydroxylation is 2. The van der Waals surface area contributed by atoms with Crippen LogP contribution in [0.25, 0.3) is 0 Å². The van der Waals surface area contributed by atoms with Gasteiger partial charge in [-0.2, -0.15) is 0 Å². The molecule has 0 aliphatic heterocycles. The van der Waals surface area contributed by atoms with E-state index in [4.69, 9.17) is 0 Å². The molecule has 3 rings (SSSR count). The van der Waals surface area contributed by atoms with E-state index in [0.29, 0.717) is 17.8 Å². The number of sulfonamides is 1. The summed E-state index contributed by atoms with van der Waals surface area (Å²) in [5, 5.41) is 0. The highest BCUT2D eigenvalue weighted by Gasteiger charge is 2.22. The Morgan fingerprint density at radius 2 is 1.66 bits per heavy atom. The summed E-state index contributed by atoms with van der Waals surface area (Å²) in [7, 11) is -3.82. The van der Waals surface area contributed by atoms with Crippen molar-refractivity contribution in [3.63, 3.8) is 0 Å². The van der Waals surface area contributed by atoms with Crippen molar-refractivity contribution in [1.82, 2.24) is 0 Å². The molecule has 1 amide bonds. The van der Waals surface area contributed by atoms with Crippen LogP contribution >= 0.6 is 0 Å². The third-order valence-electron chi connectivity index (χ3n) is 4.65. The van der Waals surface area contributed by atoms with E-state index in [-0.39, 0.29) is 10.8 Å². The average Bonchev–Trinajstić information content (AvgIpc) is 2.69. The number of carbonyl (C=O) groups excluding carboxylic acids is 1. The van der Waals surface area contributed by atoms with Crippen LogP contribution in [0.1, 0.15) is 28.4 Å².